The summed E-state index contributed by atoms with van der Waals surface area (Å²) in [4.78, 5) is 45.2. The van der Waals surface area contributed by atoms with Crippen molar-refractivity contribution in [3.8, 4) is 0 Å². The molecule has 0 saturated heterocycles. The average Bonchev–Trinajstić information content (AvgIpc) is 3.27. The molecule has 1 aliphatic carbocycles. The van der Waals surface area contributed by atoms with Crippen LogP contribution in [0.2, 0.25) is 0 Å². The first-order valence-corrected chi connectivity index (χ1v) is 11.4. The molecule has 1 fully saturated rings. The number of hydrogen-bond acceptors (Lipinski definition) is 4. The lowest BCUT2D eigenvalue weighted by Gasteiger charge is -2.33. The van der Waals surface area contributed by atoms with Crippen molar-refractivity contribution in [1.29, 1.82) is 0 Å². The monoisotopic (exact) mass is 463 g/mol. The van der Waals surface area contributed by atoms with Crippen LogP contribution in [0.15, 0.2) is 48.5 Å². The number of imidazole rings is 1. The number of benzene rings is 2. The van der Waals surface area contributed by atoms with Gasteiger partial charge in [0.1, 0.15) is 5.82 Å². The maximum Gasteiger partial charge on any atom is 0.407 e. The van der Waals surface area contributed by atoms with Gasteiger partial charge in [0, 0.05) is 24.6 Å². The quantitative estimate of drug-likeness (QED) is 0.426. The minimum atomic E-state index is -0.944. The molecule has 1 aromatic heterocycles. The molecule has 4 rings (SSSR count). The predicted octanol–water partition coefficient (Wildman–Crippen LogP) is 3.23. The van der Waals surface area contributed by atoms with E-state index in [0.29, 0.717) is 54.5 Å². The Hall–Kier alpha value is -3.88. The molecular weight excluding hydrogens is 434 g/mol. The SMILES string of the molecule is CN(C(=O)O)C1CCC(C(=O)N[C@@H](Cc2ccccc2)c2nc3ccc(C(N)=O)cc3[nH]2)CC1. The van der Waals surface area contributed by atoms with Crippen molar-refractivity contribution in [3.05, 3.63) is 65.5 Å². The van der Waals surface area contributed by atoms with Crippen LogP contribution in [0.1, 0.15) is 53.5 Å². The summed E-state index contributed by atoms with van der Waals surface area (Å²) < 4.78 is 0. The predicted molar refractivity (Wildman–Crippen MR) is 127 cm³/mol. The van der Waals surface area contributed by atoms with Crippen LogP contribution < -0.4 is 11.1 Å². The van der Waals surface area contributed by atoms with Gasteiger partial charge in [0.05, 0.1) is 17.1 Å². The molecule has 34 heavy (non-hydrogen) atoms. The summed E-state index contributed by atoms with van der Waals surface area (Å²) in [5.41, 5.74) is 8.20. The van der Waals surface area contributed by atoms with Gasteiger partial charge in [0.2, 0.25) is 11.8 Å². The van der Waals surface area contributed by atoms with Gasteiger partial charge >= 0.3 is 6.09 Å². The van der Waals surface area contributed by atoms with Crippen molar-refractivity contribution >= 4 is 28.9 Å². The summed E-state index contributed by atoms with van der Waals surface area (Å²) >= 11 is 0. The minimum absolute atomic E-state index is 0.0588. The van der Waals surface area contributed by atoms with Crippen molar-refractivity contribution < 1.29 is 19.5 Å². The lowest BCUT2D eigenvalue weighted by atomic mass is 9.84. The zero-order chi connectivity index (χ0) is 24.2. The molecule has 1 aliphatic rings. The molecule has 3 amide bonds. The van der Waals surface area contributed by atoms with Gasteiger partial charge in [-0.05, 0) is 55.9 Å². The zero-order valence-electron chi connectivity index (χ0n) is 19.0. The topological polar surface area (TPSA) is 141 Å². The van der Waals surface area contributed by atoms with Crippen molar-refractivity contribution in [3.63, 3.8) is 0 Å². The first kappa shape index (κ1) is 23.3. The van der Waals surface area contributed by atoms with Crippen LogP contribution in [0.25, 0.3) is 11.0 Å². The highest BCUT2D eigenvalue weighted by molar-refractivity contribution is 5.96. The number of aromatic nitrogens is 2. The summed E-state index contributed by atoms with van der Waals surface area (Å²) in [6, 6.07) is 14.4. The van der Waals surface area contributed by atoms with E-state index >= 15 is 0 Å². The number of H-pyrrole nitrogens is 1. The van der Waals surface area contributed by atoms with Crippen molar-refractivity contribution in [2.24, 2.45) is 11.7 Å². The summed E-state index contributed by atoms with van der Waals surface area (Å²) in [6.07, 6.45) is 2.18. The number of carbonyl (C=O) groups is 3. The van der Waals surface area contributed by atoms with Gasteiger partial charge in [-0.2, -0.15) is 0 Å². The second-order valence-electron chi connectivity index (χ2n) is 8.87. The van der Waals surface area contributed by atoms with Gasteiger partial charge in [-0.1, -0.05) is 30.3 Å². The van der Waals surface area contributed by atoms with Crippen LogP contribution in [0.3, 0.4) is 0 Å². The molecule has 0 unspecified atom stereocenters. The highest BCUT2D eigenvalue weighted by atomic mass is 16.4. The van der Waals surface area contributed by atoms with E-state index in [9.17, 15) is 19.5 Å². The third-order valence-electron chi connectivity index (χ3n) is 6.63. The van der Waals surface area contributed by atoms with E-state index < -0.39 is 18.0 Å². The third-order valence-corrected chi connectivity index (χ3v) is 6.63. The molecule has 5 N–H and O–H groups in total. The molecule has 0 spiro atoms. The number of nitrogens with zero attached hydrogens (tertiary/aromatic N) is 2. The second-order valence-corrected chi connectivity index (χ2v) is 8.87. The number of hydrogen-bond donors (Lipinski definition) is 4. The van der Waals surface area contributed by atoms with Crippen LogP contribution >= 0.6 is 0 Å². The molecule has 2 aromatic carbocycles. The van der Waals surface area contributed by atoms with E-state index in [1.165, 1.54) is 4.90 Å². The van der Waals surface area contributed by atoms with Crippen molar-refractivity contribution in [2.45, 2.75) is 44.2 Å². The molecule has 0 radical (unpaired) electrons. The molecule has 1 atom stereocenters. The molecule has 9 nitrogen and oxygen atoms in total. The van der Waals surface area contributed by atoms with Crippen LogP contribution in [-0.4, -0.2) is 51.0 Å². The van der Waals surface area contributed by atoms with Gasteiger partial charge in [0.25, 0.3) is 0 Å². The lowest BCUT2D eigenvalue weighted by Crippen LogP contribution is -2.42. The highest BCUT2D eigenvalue weighted by Gasteiger charge is 2.31. The van der Waals surface area contributed by atoms with E-state index in [0.717, 1.165) is 5.56 Å². The van der Waals surface area contributed by atoms with E-state index in [1.54, 1.807) is 25.2 Å². The number of amides is 3. The van der Waals surface area contributed by atoms with Gasteiger partial charge < -0.3 is 26.0 Å². The smallest absolute Gasteiger partial charge is 0.407 e. The Morgan fingerprint density at radius 3 is 2.50 bits per heavy atom. The molecular formula is C25H29N5O4. The van der Waals surface area contributed by atoms with E-state index in [1.807, 2.05) is 30.3 Å². The maximum absolute atomic E-state index is 13.2. The van der Waals surface area contributed by atoms with Gasteiger partial charge in [-0.15, -0.1) is 0 Å². The number of carboxylic acid groups (broad SMARTS) is 1. The van der Waals surface area contributed by atoms with Crippen molar-refractivity contribution in [2.75, 3.05) is 7.05 Å². The van der Waals surface area contributed by atoms with Crippen LogP contribution in [0.5, 0.6) is 0 Å². The molecule has 1 heterocycles. The summed E-state index contributed by atoms with van der Waals surface area (Å²) in [5.74, 6) is -0.150. The molecule has 178 valence electrons. The molecule has 0 bridgehead atoms. The molecule has 1 saturated carbocycles. The minimum Gasteiger partial charge on any atom is -0.465 e. The Morgan fingerprint density at radius 2 is 1.85 bits per heavy atom. The Balaban J connectivity index is 1.52. The Labute approximate surface area is 197 Å². The Morgan fingerprint density at radius 1 is 1.15 bits per heavy atom. The lowest BCUT2D eigenvalue weighted by molar-refractivity contribution is -0.127. The first-order valence-electron chi connectivity index (χ1n) is 11.4. The van der Waals surface area contributed by atoms with Crippen LogP contribution in [0, 0.1) is 5.92 Å². The standard InChI is InChI=1S/C25H29N5O4/c1-30(25(33)34)18-10-7-16(8-11-18)24(32)29-21(13-15-5-3-2-4-6-15)23-27-19-12-9-17(22(26)31)14-20(19)28-23/h2-6,9,12,14,16,18,21H,7-8,10-11,13H2,1H3,(H2,26,31)(H,27,28)(H,29,32)(H,33,34)/t16?,18?,21-/m0/s1. The number of primary amides is 1. The Kier molecular flexibility index (Phi) is 6.81. The van der Waals surface area contributed by atoms with Gasteiger partial charge in [-0.3, -0.25) is 9.59 Å². The summed E-state index contributed by atoms with van der Waals surface area (Å²) in [6.45, 7) is 0. The fourth-order valence-electron chi connectivity index (χ4n) is 4.58. The van der Waals surface area contributed by atoms with Crippen LogP contribution in [0.4, 0.5) is 4.79 Å². The Bertz CT molecular complexity index is 1180. The number of carbonyl (C=O) groups excluding carboxylic acids is 2. The number of fused-ring (bicyclic) bond motifs is 1. The summed E-state index contributed by atoms with van der Waals surface area (Å²) in [5, 5.41) is 12.4. The number of aromatic amines is 1. The number of nitrogens with one attached hydrogen (secondary N) is 2. The molecule has 9 heteroatoms. The summed E-state index contributed by atoms with van der Waals surface area (Å²) in [7, 11) is 1.58. The number of nitrogens with two attached hydrogens (primary N) is 1. The maximum atomic E-state index is 13.2. The van der Waals surface area contributed by atoms with E-state index in [2.05, 4.69) is 15.3 Å². The van der Waals surface area contributed by atoms with E-state index in [4.69, 9.17) is 5.73 Å². The highest BCUT2D eigenvalue weighted by Crippen LogP contribution is 2.29. The van der Waals surface area contributed by atoms with Crippen LogP contribution in [-0.2, 0) is 11.2 Å². The molecule has 0 aliphatic heterocycles. The van der Waals surface area contributed by atoms with Gasteiger partial charge in [0.15, 0.2) is 0 Å². The third kappa shape index (κ3) is 5.19. The van der Waals surface area contributed by atoms with E-state index in [-0.39, 0.29) is 17.9 Å². The fourth-order valence-corrected chi connectivity index (χ4v) is 4.58. The first-order chi connectivity index (χ1) is 16.3. The van der Waals surface area contributed by atoms with Crippen molar-refractivity contribution in [1.82, 2.24) is 20.2 Å². The largest absolute Gasteiger partial charge is 0.465 e. The second kappa shape index (κ2) is 9.94. The zero-order valence-corrected chi connectivity index (χ0v) is 19.0. The normalized spacial score (nSPS) is 18.9. The number of rotatable bonds is 7. The molecule has 3 aromatic rings. The fraction of sp³-hybridized carbons (Fsp3) is 0.360. The van der Waals surface area contributed by atoms with Gasteiger partial charge in [-0.25, -0.2) is 9.78 Å². The average molecular weight is 464 g/mol.